The minimum atomic E-state index is 0.328. The Labute approximate surface area is 124 Å². The van der Waals surface area contributed by atoms with Gasteiger partial charge in [-0.3, -0.25) is 0 Å². The Kier molecular flexibility index (Phi) is 3.00. The summed E-state index contributed by atoms with van der Waals surface area (Å²) >= 11 is 0. The Morgan fingerprint density at radius 2 is 1.90 bits per heavy atom. The first-order valence-electron chi connectivity index (χ1n) is 7.44. The predicted molar refractivity (Wildman–Crippen MR) is 83.5 cm³/mol. The molecule has 2 aliphatic rings. The number of rotatable bonds is 3. The van der Waals surface area contributed by atoms with Gasteiger partial charge in [0.1, 0.15) is 0 Å². The molecule has 1 unspecified atom stereocenters. The molecule has 4 rings (SSSR count). The minimum Gasteiger partial charge on any atom is -0.368 e. The summed E-state index contributed by atoms with van der Waals surface area (Å²) in [5.41, 5.74) is 10.2. The molecule has 5 heteroatoms. The van der Waals surface area contributed by atoms with Crippen LogP contribution in [0.5, 0.6) is 0 Å². The van der Waals surface area contributed by atoms with E-state index in [0.29, 0.717) is 18.0 Å². The van der Waals surface area contributed by atoms with Gasteiger partial charge in [0.2, 0.25) is 5.95 Å². The molecule has 0 bridgehead atoms. The van der Waals surface area contributed by atoms with Crippen molar-refractivity contribution in [1.82, 2.24) is 9.97 Å². The predicted octanol–water partition coefficient (Wildman–Crippen LogP) is 1.20. The summed E-state index contributed by atoms with van der Waals surface area (Å²) < 4.78 is 0. The highest BCUT2D eigenvalue weighted by Gasteiger charge is 2.30. The lowest BCUT2D eigenvalue weighted by Crippen LogP contribution is -2.56. The van der Waals surface area contributed by atoms with Crippen molar-refractivity contribution >= 4 is 11.6 Å². The van der Waals surface area contributed by atoms with E-state index in [4.69, 9.17) is 5.73 Å². The monoisotopic (exact) mass is 281 g/mol. The molecular weight excluding hydrogens is 262 g/mol. The minimum absolute atomic E-state index is 0.328. The number of hydrogen-bond donors (Lipinski definition) is 2. The molecular formula is C16H19N5. The first-order chi connectivity index (χ1) is 10.3. The molecule has 2 aromatic rings. The van der Waals surface area contributed by atoms with E-state index in [9.17, 15) is 0 Å². The lowest BCUT2D eigenvalue weighted by molar-refractivity contribution is 0.518. The van der Waals surface area contributed by atoms with E-state index in [1.807, 2.05) is 6.07 Å². The summed E-state index contributed by atoms with van der Waals surface area (Å²) in [4.78, 5) is 10.9. The summed E-state index contributed by atoms with van der Waals surface area (Å²) in [6.45, 7) is 1.94. The molecule has 2 heterocycles. The second kappa shape index (κ2) is 5.00. The number of aromatic nitrogens is 2. The Morgan fingerprint density at radius 1 is 1.10 bits per heavy atom. The van der Waals surface area contributed by atoms with E-state index in [1.54, 1.807) is 12.4 Å². The van der Waals surface area contributed by atoms with Crippen LogP contribution in [0.15, 0.2) is 36.7 Å². The molecule has 0 saturated carbocycles. The SMILES string of the molecule is NC1CN(c2cccc3c2CC(Nc2ncccn2)C3)C1. The fraction of sp³-hybridized carbons (Fsp3) is 0.375. The van der Waals surface area contributed by atoms with Gasteiger partial charge in [-0.05, 0) is 36.1 Å². The lowest BCUT2D eigenvalue weighted by Gasteiger charge is -2.40. The highest BCUT2D eigenvalue weighted by molar-refractivity contribution is 5.61. The van der Waals surface area contributed by atoms with Crippen LogP contribution in [-0.2, 0) is 12.8 Å². The average Bonchev–Trinajstić information content (AvgIpc) is 2.87. The normalized spacial score (nSPS) is 21.0. The van der Waals surface area contributed by atoms with Crippen molar-refractivity contribution in [2.45, 2.75) is 24.9 Å². The van der Waals surface area contributed by atoms with Crippen LogP contribution in [0.4, 0.5) is 11.6 Å². The van der Waals surface area contributed by atoms with Crippen LogP contribution in [-0.4, -0.2) is 35.1 Å². The van der Waals surface area contributed by atoms with Crippen molar-refractivity contribution < 1.29 is 0 Å². The van der Waals surface area contributed by atoms with Gasteiger partial charge in [0.25, 0.3) is 0 Å². The third kappa shape index (κ3) is 2.34. The molecule has 3 N–H and O–H groups in total. The number of nitrogens with two attached hydrogens (primary N) is 1. The summed E-state index contributed by atoms with van der Waals surface area (Å²) in [6, 6.07) is 9.13. The van der Waals surface area contributed by atoms with Gasteiger partial charge in [-0.1, -0.05) is 12.1 Å². The maximum absolute atomic E-state index is 5.91. The van der Waals surface area contributed by atoms with E-state index in [-0.39, 0.29) is 0 Å². The van der Waals surface area contributed by atoms with Crippen molar-refractivity contribution in [2.75, 3.05) is 23.3 Å². The van der Waals surface area contributed by atoms with Gasteiger partial charge in [-0.25, -0.2) is 9.97 Å². The van der Waals surface area contributed by atoms with Gasteiger partial charge in [0.15, 0.2) is 0 Å². The van der Waals surface area contributed by atoms with E-state index in [1.165, 1.54) is 16.8 Å². The number of fused-ring (bicyclic) bond motifs is 1. The summed E-state index contributed by atoms with van der Waals surface area (Å²) in [5.74, 6) is 0.711. The molecule has 1 atom stereocenters. The zero-order valence-corrected chi connectivity index (χ0v) is 11.9. The molecule has 108 valence electrons. The standard InChI is InChI=1S/C16H19N5/c17-12-9-21(10-12)15-4-1-3-11-7-13(8-14(11)15)20-16-18-5-2-6-19-16/h1-6,12-13H,7-10,17H2,(H,18,19,20). The van der Waals surface area contributed by atoms with Gasteiger partial charge in [-0.15, -0.1) is 0 Å². The van der Waals surface area contributed by atoms with Crippen LogP contribution in [0.3, 0.4) is 0 Å². The molecule has 1 aliphatic carbocycles. The number of nitrogens with one attached hydrogen (secondary N) is 1. The molecule has 1 fully saturated rings. The largest absolute Gasteiger partial charge is 0.368 e. The Hall–Kier alpha value is -2.14. The van der Waals surface area contributed by atoms with E-state index in [2.05, 4.69) is 38.4 Å². The van der Waals surface area contributed by atoms with Gasteiger partial charge in [0, 0.05) is 43.3 Å². The number of benzene rings is 1. The Bertz CT molecular complexity index is 636. The fourth-order valence-corrected chi connectivity index (χ4v) is 3.30. The van der Waals surface area contributed by atoms with E-state index < -0.39 is 0 Å². The van der Waals surface area contributed by atoms with Gasteiger partial charge >= 0.3 is 0 Å². The van der Waals surface area contributed by atoms with Gasteiger partial charge in [0.05, 0.1) is 0 Å². The smallest absolute Gasteiger partial charge is 0.222 e. The maximum atomic E-state index is 5.91. The molecule has 1 aliphatic heterocycles. The summed E-state index contributed by atoms with van der Waals surface area (Å²) in [6.07, 6.45) is 5.59. The molecule has 0 amide bonds. The van der Waals surface area contributed by atoms with Crippen LogP contribution < -0.4 is 16.0 Å². The third-order valence-electron chi connectivity index (χ3n) is 4.31. The molecule has 1 aromatic carbocycles. The summed E-state index contributed by atoms with van der Waals surface area (Å²) in [5, 5.41) is 3.43. The number of nitrogens with zero attached hydrogens (tertiary/aromatic N) is 3. The van der Waals surface area contributed by atoms with Crippen molar-refractivity contribution in [3.63, 3.8) is 0 Å². The zero-order chi connectivity index (χ0) is 14.2. The lowest BCUT2D eigenvalue weighted by atomic mass is 10.0. The molecule has 0 spiro atoms. The highest BCUT2D eigenvalue weighted by atomic mass is 15.2. The van der Waals surface area contributed by atoms with Crippen molar-refractivity contribution in [3.05, 3.63) is 47.8 Å². The molecule has 1 aromatic heterocycles. The first-order valence-corrected chi connectivity index (χ1v) is 7.44. The zero-order valence-electron chi connectivity index (χ0n) is 11.9. The topological polar surface area (TPSA) is 67.1 Å². The van der Waals surface area contributed by atoms with Gasteiger partial charge in [-0.2, -0.15) is 0 Å². The Balaban J connectivity index is 1.52. The highest BCUT2D eigenvalue weighted by Crippen LogP contribution is 2.34. The van der Waals surface area contributed by atoms with Crippen molar-refractivity contribution in [2.24, 2.45) is 5.73 Å². The molecule has 5 nitrogen and oxygen atoms in total. The second-order valence-electron chi connectivity index (χ2n) is 5.90. The van der Waals surface area contributed by atoms with Crippen LogP contribution in [0.25, 0.3) is 0 Å². The quantitative estimate of drug-likeness (QED) is 0.885. The molecule has 0 radical (unpaired) electrons. The van der Waals surface area contributed by atoms with Gasteiger partial charge < -0.3 is 16.0 Å². The third-order valence-corrected chi connectivity index (χ3v) is 4.31. The van der Waals surface area contributed by atoms with Crippen LogP contribution >= 0.6 is 0 Å². The van der Waals surface area contributed by atoms with Crippen LogP contribution in [0.2, 0.25) is 0 Å². The average molecular weight is 281 g/mol. The first kappa shape index (κ1) is 12.6. The van der Waals surface area contributed by atoms with Crippen molar-refractivity contribution in [1.29, 1.82) is 0 Å². The maximum Gasteiger partial charge on any atom is 0.222 e. The second-order valence-corrected chi connectivity index (χ2v) is 5.90. The Morgan fingerprint density at radius 3 is 2.67 bits per heavy atom. The number of hydrogen-bond acceptors (Lipinski definition) is 5. The summed E-state index contributed by atoms with van der Waals surface area (Å²) in [7, 11) is 0. The van der Waals surface area contributed by atoms with Crippen molar-refractivity contribution in [3.8, 4) is 0 Å². The molecule has 21 heavy (non-hydrogen) atoms. The van der Waals surface area contributed by atoms with E-state index >= 15 is 0 Å². The number of anilines is 2. The van der Waals surface area contributed by atoms with Crippen LogP contribution in [0, 0.1) is 0 Å². The van der Waals surface area contributed by atoms with E-state index in [0.717, 1.165) is 25.9 Å². The fourth-order valence-electron chi connectivity index (χ4n) is 3.30. The molecule has 1 saturated heterocycles. The van der Waals surface area contributed by atoms with Crippen LogP contribution in [0.1, 0.15) is 11.1 Å².